The molecule has 216 valence electrons. The Bertz CT molecular complexity index is 1670. The number of pyridine rings is 3. The van der Waals surface area contributed by atoms with Gasteiger partial charge in [0.15, 0.2) is 11.4 Å². The fraction of sp³-hybridized carbons (Fsp3) is 0.346. The van der Waals surface area contributed by atoms with Crippen molar-refractivity contribution in [2.45, 2.75) is 38.0 Å². The number of aryl methyl sites for hydroxylation is 2. The van der Waals surface area contributed by atoms with E-state index in [1.54, 1.807) is 13.1 Å². The smallest absolute Gasteiger partial charge is 0.417 e. The minimum atomic E-state index is -4.65. The molecule has 4 aromatic heterocycles. The second-order valence-corrected chi connectivity index (χ2v) is 9.88. The summed E-state index contributed by atoms with van der Waals surface area (Å²) in [5.41, 5.74) is -1.52. The third-order valence-corrected chi connectivity index (χ3v) is 6.84. The standard InChI is InChI=1S/C26H25ClF3N7O4/c1-36-13-14(26(28,29)30)9-17(24(36)39)33-25-35-23-22(37(25)2)21(27)18(12-32-23)41-16-6-7-31-19(10-16)34-20(38)11-15-5-3-4-8-40-15/h6-7,9-10,12-13,15H,3-5,8,11H2,1-2H3,(H,31,34,38)(H,32,33,35)/t15-/m0/s1. The van der Waals surface area contributed by atoms with Crippen LogP contribution in [0.3, 0.4) is 0 Å². The molecule has 1 amide bonds. The molecule has 0 aromatic carbocycles. The summed E-state index contributed by atoms with van der Waals surface area (Å²) >= 11 is 6.62. The molecule has 15 heteroatoms. The summed E-state index contributed by atoms with van der Waals surface area (Å²) < 4.78 is 53.7. The molecule has 0 bridgehead atoms. The molecule has 0 saturated carbocycles. The van der Waals surface area contributed by atoms with Gasteiger partial charge in [0.05, 0.1) is 24.3 Å². The molecular formula is C26H25ClF3N7O4. The summed E-state index contributed by atoms with van der Waals surface area (Å²) in [5.74, 6) is 0.568. The molecule has 41 heavy (non-hydrogen) atoms. The van der Waals surface area contributed by atoms with Gasteiger partial charge in [-0.15, -0.1) is 0 Å². The number of alkyl halides is 3. The van der Waals surface area contributed by atoms with E-state index in [2.05, 4.69) is 25.6 Å². The molecule has 1 atom stereocenters. The quantitative estimate of drug-likeness (QED) is 0.302. The van der Waals surface area contributed by atoms with Gasteiger partial charge in [0.25, 0.3) is 5.56 Å². The number of carbonyl (C=O) groups is 1. The van der Waals surface area contributed by atoms with Crippen molar-refractivity contribution in [1.82, 2.24) is 24.1 Å². The summed E-state index contributed by atoms with van der Waals surface area (Å²) in [7, 11) is 2.78. The zero-order valence-electron chi connectivity index (χ0n) is 22.0. The number of rotatable bonds is 7. The Morgan fingerprint density at radius 1 is 1.24 bits per heavy atom. The summed E-state index contributed by atoms with van der Waals surface area (Å²) in [6.45, 7) is 0.649. The maximum absolute atomic E-state index is 13.3. The Hall–Kier alpha value is -4.17. The highest BCUT2D eigenvalue weighted by Crippen LogP contribution is 2.36. The normalized spacial score (nSPS) is 15.6. The number of amides is 1. The van der Waals surface area contributed by atoms with Crippen molar-refractivity contribution < 1.29 is 27.4 Å². The van der Waals surface area contributed by atoms with Crippen LogP contribution in [0.15, 0.2) is 41.6 Å². The molecule has 5 heterocycles. The van der Waals surface area contributed by atoms with Crippen LogP contribution in [0.1, 0.15) is 31.2 Å². The number of hydrogen-bond donors (Lipinski definition) is 2. The topological polar surface area (TPSA) is 125 Å². The molecule has 4 aromatic rings. The van der Waals surface area contributed by atoms with Crippen molar-refractivity contribution in [1.29, 1.82) is 0 Å². The van der Waals surface area contributed by atoms with Crippen molar-refractivity contribution in [3.63, 3.8) is 0 Å². The van der Waals surface area contributed by atoms with E-state index in [-0.39, 0.29) is 52.3 Å². The van der Waals surface area contributed by atoms with Gasteiger partial charge in [0, 0.05) is 39.2 Å². The maximum Gasteiger partial charge on any atom is 0.417 e. The Labute approximate surface area is 236 Å². The molecule has 1 saturated heterocycles. The van der Waals surface area contributed by atoms with Crippen LogP contribution in [0.25, 0.3) is 11.2 Å². The average Bonchev–Trinajstić information content (AvgIpc) is 3.24. The number of hydrogen-bond acceptors (Lipinski definition) is 8. The van der Waals surface area contributed by atoms with E-state index >= 15 is 0 Å². The molecule has 1 fully saturated rings. The molecule has 11 nitrogen and oxygen atoms in total. The van der Waals surface area contributed by atoms with Crippen molar-refractivity contribution in [3.8, 4) is 11.5 Å². The summed E-state index contributed by atoms with van der Waals surface area (Å²) in [4.78, 5) is 37.6. The van der Waals surface area contributed by atoms with Crippen LogP contribution in [0, 0.1) is 0 Å². The van der Waals surface area contributed by atoms with E-state index in [4.69, 9.17) is 21.1 Å². The number of halogens is 4. The van der Waals surface area contributed by atoms with Crippen LogP contribution in [0.4, 0.5) is 30.6 Å². The molecule has 1 aliphatic heterocycles. The zero-order chi connectivity index (χ0) is 29.3. The van der Waals surface area contributed by atoms with Crippen LogP contribution in [-0.2, 0) is 29.8 Å². The average molecular weight is 592 g/mol. The van der Waals surface area contributed by atoms with Gasteiger partial charge in [0.2, 0.25) is 11.9 Å². The van der Waals surface area contributed by atoms with E-state index in [1.165, 1.54) is 30.1 Å². The van der Waals surface area contributed by atoms with E-state index in [1.807, 2.05) is 0 Å². The molecular weight excluding hydrogens is 567 g/mol. The lowest BCUT2D eigenvalue weighted by molar-refractivity contribution is -0.138. The fourth-order valence-corrected chi connectivity index (χ4v) is 4.71. The van der Waals surface area contributed by atoms with Crippen LogP contribution < -0.4 is 20.9 Å². The summed E-state index contributed by atoms with van der Waals surface area (Å²) in [6.07, 6.45) is 1.83. The number of imidazole rings is 1. The lowest BCUT2D eigenvalue weighted by Crippen LogP contribution is -2.25. The molecule has 0 spiro atoms. The Kier molecular flexibility index (Phi) is 7.87. The number of ether oxygens (including phenoxy) is 2. The minimum Gasteiger partial charge on any atom is -0.454 e. The number of carbonyl (C=O) groups excluding carboxylic acids is 1. The Morgan fingerprint density at radius 2 is 2.05 bits per heavy atom. The van der Waals surface area contributed by atoms with Crippen LogP contribution in [-0.4, -0.2) is 42.7 Å². The van der Waals surface area contributed by atoms with Gasteiger partial charge < -0.3 is 29.2 Å². The largest absolute Gasteiger partial charge is 0.454 e. The Balaban J connectivity index is 1.36. The van der Waals surface area contributed by atoms with Gasteiger partial charge in [-0.25, -0.2) is 9.97 Å². The second-order valence-electron chi connectivity index (χ2n) is 9.50. The van der Waals surface area contributed by atoms with Gasteiger partial charge in [-0.05, 0) is 31.4 Å². The fourth-order valence-electron chi connectivity index (χ4n) is 4.41. The first-order valence-electron chi connectivity index (χ1n) is 12.6. The lowest BCUT2D eigenvalue weighted by atomic mass is 10.1. The lowest BCUT2D eigenvalue weighted by Gasteiger charge is -2.21. The van der Waals surface area contributed by atoms with Crippen molar-refractivity contribution in [3.05, 3.63) is 57.7 Å². The van der Waals surface area contributed by atoms with Crippen molar-refractivity contribution >= 4 is 46.1 Å². The molecule has 0 aliphatic carbocycles. The highest BCUT2D eigenvalue weighted by molar-refractivity contribution is 6.36. The van der Waals surface area contributed by atoms with E-state index in [0.29, 0.717) is 30.1 Å². The van der Waals surface area contributed by atoms with Crippen LogP contribution >= 0.6 is 11.6 Å². The molecule has 5 rings (SSSR count). The number of aromatic nitrogens is 5. The molecule has 2 N–H and O–H groups in total. The zero-order valence-corrected chi connectivity index (χ0v) is 22.7. The number of fused-ring (bicyclic) bond motifs is 1. The van der Waals surface area contributed by atoms with Gasteiger partial charge in [-0.3, -0.25) is 9.59 Å². The van der Waals surface area contributed by atoms with E-state index in [9.17, 15) is 22.8 Å². The first kappa shape index (κ1) is 28.4. The summed E-state index contributed by atoms with van der Waals surface area (Å²) in [6, 6.07) is 3.81. The third-order valence-electron chi connectivity index (χ3n) is 6.48. The van der Waals surface area contributed by atoms with Gasteiger partial charge in [0.1, 0.15) is 27.8 Å². The van der Waals surface area contributed by atoms with Crippen LogP contribution in [0.5, 0.6) is 11.5 Å². The van der Waals surface area contributed by atoms with Gasteiger partial charge in [-0.2, -0.15) is 18.2 Å². The van der Waals surface area contributed by atoms with Crippen LogP contribution in [0.2, 0.25) is 5.02 Å². The van der Waals surface area contributed by atoms with Gasteiger partial charge >= 0.3 is 6.18 Å². The second kappa shape index (κ2) is 11.4. The predicted molar refractivity (Wildman–Crippen MR) is 145 cm³/mol. The van der Waals surface area contributed by atoms with Gasteiger partial charge in [-0.1, -0.05) is 11.6 Å². The molecule has 1 aliphatic rings. The Morgan fingerprint density at radius 3 is 2.78 bits per heavy atom. The van der Waals surface area contributed by atoms with Crippen molar-refractivity contribution in [2.75, 3.05) is 17.2 Å². The monoisotopic (exact) mass is 591 g/mol. The summed E-state index contributed by atoms with van der Waals surface area (Å²) in [5, 5.41) is 5.51. The SMILES string of the molecule is Cn1cc(C(F)(F)F)cc(Nc2nc3ncc(Oc4ccnc(NC(=O)C[C@@H]5CCCCO5)c4)c(Cl)c3n2C)c1=O. The highest BCUT2D eigenvalue weighted by Gasteiger charge is 2.32. The van der Waals surface area contributed by atoms with E-state index < -0.39 is 17.3 Å². The molecule has 0 radical (unpaired) electrons. The number of nitrogens with zero attached hydrogens (tertiary/aromatic N) is 5. The highest BCUT2D eigenvalue weighted by atomic mass is 35.5. The van der Waals surface area contributed by atoms with E-state index in [0.717, 1.165) is 23.8 Å². The number of anilines is 3. The maximum atomic E-state index is 13.3. The number of nitrogens with one attached hydrogen (secondary N) is 2. The third kappa shape index (κ3) is 6.28. The van der Waals surface area contributed by atoms with Crippen molar-refractivity contribution in [2.24, 2.45) is 14.1 Å². The molecule has 0 unspecified atom stereocenters. The predicted octanol–water partition coefficient (Wildman–Crippen LogP) is 5.17. The first-order chi connectivity index (χ1) is 19.5. The first-order valence-corrected chi connectivity index (χ1v) is 13.0. The minimum absolute atomic E-state index is 0.0406.